The Balaban J connectivity index is 2.13. The van der Waals surface area contributed by atoms with Gasteiger partial charge in [-0.3, -0.25) is 4.79 Å². The molecule has 1 aliphatic rings. The van der Waals surface area contributed by atoms with Crippen LogP contribution in [0.15, 0.2) is 24.3 Å². The average molecular weight is 260 g/mol. The third kappa shape index (κ3) is 2.27. The van der Waals surface area contributed by atoms with Crippen LogP contribution in [-0.4, -0.2) is 13.0 Å². The second-order valence-corrected chi connectivity index (χ2v) is 6.55. The van der Waals surface area contributed by atoms with Gasteiger partial charge in [-0.25, -0.2) is 0 Å². The lowest BCUT2D eigenvalue weighted by molar-refractivity contribution is -0.118. The van der Waals surface area contributed by atoms with Crippen LogP contribution < -0.4 is 10.6 Å². The molecular formula is C16H24N2O. The Kier molecular flexibility index (Phi) is 3.43. The minimum absolute atomic E-state index is 0.0784. The molecule has 1 fully saturated rings. The molecule has 1 aromatic rings. The van der Waals surface area contributed by atoms with E-state index in [0.29, 0.717) is 0 Å². The molecule has 1 aliphatic carbocycles. The number of hydrogen-bond donors (Lipinski definition) is 2. The molecule has 0 heterocycles. The van der Waals surface area contributed by atoms with E-state index in [1.807, 2.05) is 31.3 Å². The molecule has 0 spiro atoms. The Morgan fingerprint density at radius 2 is 1.74 bits per heavy atom. The van der Waals surface area contributed by atoms with Crippen LogP contribution in [0.25, 0.3) is 0 Å². The molecule has 104 valence electrons. The predicted molar refractivity (Wildman–Crippen MR) is 78.9 cm³/mol. The normalized spacial score (nSPS) is 20.1. The van der Waals surface area contributed by atoms with Crippen molar-refractivity contribution in [3.63, 3.8) is 0 Å². The van der Waals surface area contributed by atoms with E-state index < -0.39 is 0 Å². The number of amides is 1. The molecule has 2 N–H and O–H groups in total. The Bertz CT molecular complexity index is 477. The molecule has 0 saturated heterocycles. The summed E-state index contributed by atoms with van der Waals surface area (Å²) in [6, 6.07) is 7.95. The van der Waals surface area contributed by atoms with Gasteiger partial charge in [0.25, 0.3) is 0 Å². The number of rotatable bonds is 4. The van der Waals surface area contributed by atoms with Crippen LogP contribution in [0.2, 0.25) is 0 Å². The van der Waals surface area contributed by atoms with E-state index in [9.17, 15) is 4.79 Å². The third-order valence-corrected chi connectivity index (χ3v) is 4.93. The summed E-state index contributed by atoms with van der Waals surface area (Å²) in [6.45, 7) is 9.41. The number of para-hydroxylation sites is 1. The highest BCUT2D eigenvalue weighted by molar-refractivity contribution is 5.96. The summed E-state index contributed by atoms with van der Waals surface area (Å²) in [4.78, 5) is 12.4. The molecule has 1 amide bonds. The molecule has 3 heteroatoms. The van der Waals surface area contributed by atoms with Gasteiger partial charge in [-0.1, -0.05) is 45.9 Å². The van der Waals surface area contributed by atoms with Crippen molar-refractivity contribution < 1.29 is 4.79 Å². The van der Waals surface area contributed by atoms with Crippen LogP contribution in [0, 0.1) is 16.7 Å². The van der Waals surface area contributed by atoms with Crippen molar-refractivity contribution in [1.82, 2.24) is 5.32 Å². The average Bonchev–Trinajstić information content (AvgIpc) is 2.72. The third-order valence-electron chi connectivity index (χ3n) is 4.93. The first kappa shape index (κ1) is 14.1. The van der Waals surface area contributed by atoms with Crippen LogP contribution >= 0.6 is 0 Å². The second kappa shape index (κ2) is 4.64. The number of hydrogen-bond acceptors (Lipinski definition) is 2. The molecule has 2 rings (SSSR count). The minimum Gasteiger partial charge on any atom is -0.326 e. The summed E-state index contributed by atoms with van der Waals surface area (Å²) in [5, 5.41) is 6.21. The zero-order valence-electron chi connectivity index (χ0n) is 12.5. The van der Waals surface area contributed by atoms with Crippen molar-refractivity contribution in [2.24, 2.45) is 16.7 Å². The number of nitrogens with one attached hydrogen (secondary N) is 2. The predicted octanol–water partition coefficient (Wildman–Crippen LogP) is 3.03. The fraction of sp³-hybridized carbons (Fsp3) is 0.562. The standard InChI is InChI=1S/C16H24N2O/c1-15(2)13(16(15,3)4)14(19)18-12-9-7-6-8-11(12)10-17-5/h6-9,13,17H,10H2,1-5H3,(H,18,19). The Morgan fingerprint density at radius 3 is 2.26 bits per heavy atom. The van der Waals surface area contributed by atoms with Crippen LogP contribution in [-0.2, 0) is 11.3 Å². The fourth-order valence-electron chi connectivity index (χ4n) is 3.04. The molecular weight excluding hydrogens is 236 g/mol. The summed E-state index contributed by atoms with van der Waals surface area (Å²) in [6.07, 6.45) is 0. The van der Waals surface area contributed by atoms with E-state index in [1.54, 1.807) is 0 Å². The van der Waals surface area contributed by atoms with E-state index in [-0.39, 0.29) is 22.7 Å². The highest BCUT2D eigenvalue weighted by Gasteiger charge is 2.68. The molecule has 0 atom stereocenters. The van der Waals surface area contributed by atoms with Crippen LogP contribution in [0.3, 0.4) is 0 Å². The van der Waals surface area contributed by atoms with Crippen LogP contribution in [0.5, 0.6) is 0 Å². The Labute approximate surface area is 115 Å². The SMILES string of the molecule is CNCc1ccccc1NC(=O)C1C(C)(C)C1(C)C. The quantitative estimate of drug-likeness (QED) is 0.873. The maximum absolute atomic E-state index is 12.4. The maximum Gasteiger partial charge on any atom is 0.228 e. The van der Waals surface area contributed by atoms with Gasteiger partial charge in [0.05, 0.1) is 0 Å². The largest absolute Gasteiger partial charge is 0.326 e. The Hall–Kier alpha value is -1.35. The Morgan fingerprint density at radius 1 is 1.16 bits per heavy atom. The molecule has 0 bridgehead atoms. The maximum atomic E-state index is 12.4. The second-order valence-electron chi connectivity index (χ2n) is 6.55. The van der Waals surface area contributed by atoms with Gasteiger partial charge in [-0.15, -0.1) is 0 Å². The van der Waals surface area contributed by atoms with Crippen molar-refractivity contribution in [3.05, 3.63) is 29.8 Å². The van der Waals surface area contributed by atoms with Gasteiger partial charge in [-0.2, -0.15) is 0 Å². The molecule has 0 radical (unpaired) electrons. The van der Waals surface area contributed by atoms with E-state index in [2.05, 4.69) is 38.3 Å². The van der Waals surface area contributed by atoms with Gasteiger partial charge in [-0.05, 0) is 29.5 Å². The lowest BCUT2D eigenvalue weighted by Gasteiger charge is -2.11. The molecule has 1 saturated carbocycles. The van der Waals surface area contributed by atoms with Gasteiger partial charge in [0.1, 0.15) is 0 Å². The van der Waals surface area contributed by atoms with Crippen molar-refractivity contribution in [2.45, 2.75) is 34.2 Å². The lowest BCUT2D eigenvalue weighted by Crippen LogP contribution is -2.19. The molecule has 3 nitrogen and oxygen atoms in total. The first-order chi connectivity index (χ1) is 8.82. The van der Waals surface area contributed by atoms with Crippen molar-refractivity contribution in [3.8, 4) is 0 Å². The number of benzene rings is 1. The lowest BCUT2D eigenvalue weighted by atomic mass is 10.0. The zero-order valence-corrected chi connectivity index (χ0v) is 12.5. The first-order valence-electron chi connectivity index (χ1n) is 6.85. The summed E-state index contributed by atoms with van der Waals surface area (Å²) in [5.41, 5.74) is 2.19. The van der Waals surface area contributed by atoms with Crippen LogP contribution in [0.1, 0.15) is 33.3 Å². The van der Waals surface area contributed by atoms with Gasteiger partial charge in [0.15, 0.2) is 0 Å². The molecule has 19 heavy (non-hydrogen) atoms. The molecule has 0 unspecified atom stereocenters. The van der Waals surface area contributed by atoms with E-state index in [1.165, 1.54) is 0 Å². The molecule has 0 aliphatic heterocycles. The van der Waals surface area contributed by atoms with Gasteiger partial charge < -0.3 is 10.6 Å². The smallest absolute Gasteiger partial charge is 0.228 e. The van der Waals surface area contributed by atoms with Crippen molar-refractivity contribution in [1.29, 1.82) is 0 Å². The fourth-order valence-corrected chi connectivity index (χ4v) is 3.04. The highest BCUT2D eigenvalue weighted by Crippen LogP contribution is 2.68. The summed E-state index contributed by atoms with van der Waals surface area (Å²) >= 11 is 0. The number of carbonyl (C=O) groups is 1. The number of carbonyl (C=O) groups excluding carboxylic acids is 1. The first-order valence-corrected chi connectivity index (χ1v) is 6.85. The zero-order chi connectivity index (χ0) is 14.3. The number of anilines is 1. The van der Waals surface area contributed by atoms with Gasteiger partial charge >= 0.3 is 0 Å². The minimum atomic E-state index is 0.0784. The van der Waals surface area contributed by atoms with E-state index in [4.69, 9.17) is 0 Å². The summed E-state index contributed by atoms with van der Waals surface area (Å²) < 4.78 is 0. The van der Waals surface area contributed by atoms with E-state index >= 15 is 0 Å². The van der Waals surface area contributed by atoms with Crippen molar-refractivity contribution in [2.75, 3.05) is 12.4 Å². The van der Waals surface area contributed by atoms with Gasteiger partial charge in [0.2, 0.25) is 5.91 Å². The van der Waals surface area contributed by atoms with E-state index in [0.717, 1.165) is 17.8 Å². The highest BCUT2D eigenvalue weighted by atomic mass is 16.2. The van der Waals surface area contributed by atoms with Gasteiger partial charge in [0, 0.05) is 18.2 Å². The topological polar surface area (TPSA) is 41.1 Å². The summed E-state index contributed by atoms with van der Waals surface area (Å²) in [5.74, 6) is 0.223. The van der Waals surface area contributed by atoms with Crippen molar-refractivity contribution >= 4 is 11.6 Å². The summed E-state index contributed by atoms with van der Waals surface area (Å²) in [7, 11) is 1.91. The monoisotopic (exact) mass is 260 g/mol. The molecule has 1 aromatic carbocycles. The van der Waals surface area contributed by atoms with Crippen LogP contribution in [0.4, 0.5) is 5.69 Å². The molecule has 0 aromatic heterocycles.